The van der Waals surface area contributed by atoms with Crippen LogP contribution in [0.25, 0.3) is 5.76 Å². The molecule has 2 nitrogen and oxygen atoms in total. The van der Waals surface area contributed by atoms with Crippen LogP contribution in [-0.4, -0.2) is 10.9 Å². The third-order valence-electron chi connectivity index (χ3n) is 3.27. The van der Waals surface area contributed by atoms with E-state index < -0.39 is 0 Å². The molecule has 84 valence electrons. The smallest absolute Gasteiger partial charge is 0.194 e. The highest BCUT2D eigenvalue weighted by Crippen LogP contribution is 2.38. The first kappa shape index (κ1) is 10.1. The number of aliphatic hydroxyl groups excluding tert-OH is 1. The van der Waals surface area contributed by atoms with Gasteiger partial charge in [-0.05, 0) is 13.3 Å². The Hall–Kier alpha value is -2.09. The van der Waals surface area contributed by atoms with E-state index in [1.165, 1.54) is 0 Å². The molecule has 0 heterocycles. The molecule has 3 rings (SSSR count). The average molecular weight is 224 g/mol. The topological polar surface area (TPSA) is 37.3 Å². The molecule has 1 aromatic carbocycles. The van der Waals surface area contributed by atoms with Gasteiger partial charge < -0.3 is 5.11 Å². The molecule has 0 bridgehead atoms. The minimum Gasteiger partial charge on any atom is -0.507 e. The summed E-state index contributed by atoms with van der Waals surface area (Å²) in [6.07, 6.45) is 4.40. The second-order valence-corrected chi connectivity index (χ2v) is 4.47. The highest BCUT2D eigenvalue weighted by atomic mass is 16.3. The van der Waals surface area contributed by atoms with Gasteiger partial charge in [0.05, 0.1) is 0 Å². The zero-order valence-electron chi connectivity index (χ0n) is 9.53. The van der Waals surface area contributed by atoms with Crippen molar-refractivity contribution in [1.82, 2.24) is 0 Å². The van der Waals surface area contributed by atoms with Gasteiger partial charge in [-0.3, -0.25) is 4.79 Å². The number of rotatable bonds is 0. The van der Waals surface area contributed by atoms with Gasteiger partial charge in [-0.1, -0.05) is 42.0 Å². The maximum Gasteiger partial charge on any atom is 0.194 e. The van der Waals surface area contributed by atoms with Gasteiger partial charge >= 0.3 is 0 Å². The summed E-state index contributed by atoms with van der Waals surface area (Å²) in [6.45, 7) is 2.00. The maximum atomic E-state index is 12.3. The van der Waals surface area contributed by atoms with Crippen molar-refractivity contribution in [1.29, 1.82) is 0 Å². The Morgan fingerprint density at radius 3 is 2.59 bits per heavy atom. The Labute approximate surface area is 99.6 Å². The lowest BCUT2D eigenvalue weighted by Gasteiger charge is -2.23. The Kier molecular flexibility index (Phi) is 2.05. The normalized spacial score (nSPS) is 18.3. The van der Waals surface area contributed by atoms with Crippen molar-refractivity contribution in [3.63, 3.8) is 0 Å². The van der Waals surface area contributed by atoms with E-state index in [0.717, 1.165) is 11.1 Å². The van der Waals surface area contributed by atoms with Gasteiger partial charge in [-0.2, -0.15) is 0 Å². The summed E-state index contributed by atoms with van der Waals surface area (Å²) in [5, 5.41) is 10.3. The van der Waals surface area contributed by atoms with Crippen LogP contribution in [0.5, 0.6) is 0 Å². The highest BCUT2D eigenvalue weighted by molar-refractivity contribution is 6.17. The Balaban J connectivity index is 2.30. The molecule has 0 fully saturated rings. The highest BCUT2D eigenvalue weighted by Gasteiger charge is 2.29. The molecule has 0 unspecified atom stereocenters. The number of Topliss-reactive ketones (excluding diaryl/α,β-unsaturated/α-hetero) is 1. The van der Waals surface area contributed by atoms with Crippen LogP contribution in [0.3, 0.4) is 0 Å². The van der Waals surface area contributed by atoms with Crippen LogP contribution in [0.1, 0.15) is 29.3 Å². The number of aliphatic hydroxyl groups is 1. The number of hydrogen-bond acceptors (Lipinski definition) is 2. The van der Waals surface area contributed by atoms with Crippen LogP contribution in [0.15, 0.2) is 53.1 Å². The second kappa shape index (κ2) is 3.45. The van der Waals surface area contributed by atoms with Crippen molar-refractivity contribution in [3.05, 3.63) is 64.3 Å². The van der Waals surface area contributed by atoms with Crippen molar-refractivity contribution in [3.8, 4) is 0 Å². The van der Waals surface area contributed by atoms with E-state index in [2.05, 4.69) is 0 Å². The number of benzene rings is 1. The van der Waals surface area contributed by atoms with Gasteiger partial charge in [-0.15, -0.1) is 0 Å². The molecule has 0 saturated heterocycles. The van der Waals surface area contributed by atoms with E-state index in [0.29, 0.717) is 23.1 Å². The molecule has 1 N–H and O–H groups in total. The third-order valence-corrected chi connectivity index (χ3v) is 3.27. The van der Waals surface area contributed by atoms with Crippen molar-refractivity contribution >= 4 is 11.5 Å². The molecule has 0 amide bonds. The molecule has 1 aromatic rings. The maximum absolute atomic E-state index is 12.3. The molecule has 0 atom stereocenters. The van der Waals surface area contributed by atoms with Gasteiger partial charge in [0.2, 0.25) is 0 Å². The second-order valence-electron chi connectivity index (χ2n) is 4.47. The van der Waals surface area contributed by atoms with E-state index in [9.17, 15) is 9.90 Å². The molecule has 0 aromatic heterocycles. The molecule has 17 heavy (non-hydrogen) atoms. The largest absolute Gasteiger partial charge is 0.507 e. The fraction of sp³-hybridized carbons (Fsp3) is 0.133. The number of carbonyl (C=O) groups is 1. The summed E-state index contributed by atoms with van der Waals surface area (Å²) >= 11 is 0. The van der Waals surface area contributed by atoms with Crippen LogP contribution in [0.2, 0.25) is 0 Å². The SMILES string of the molecule is CC1=CC=C2C(=O)c3ccccc3C(O)=C2C1. The van der Waals surface area contributed by atoms with Gasteiger partial charge in [-0.25, -0.2) is 0 Å². The number of fused-ring (bicyclic) bond motifs is 2. The zero-order valence-corrected chi connectivity index (χ0v) is 9.53. The van der Waals surface area contributed by atoms with E-state index in [4.69, 9.17) is 0 Å². The third kappa shape index (κ3) is 1.37. The molecular weight excluding hydrogens is 212 g/mol. The summed E-state index contributed by atoms with van der Waals surface area (Å²) in [4.78, 5) is 12.3. The van der Waals surface area contributed by atoms with E-state index in [-0.39, 0.29) is 11.5 Å². The summed E-state index contributed by atoms with van der Waals surface area (Å²) in [5.41, 5.74) is 3.79. The van der Waals surface area contributed by atoms with Gasteiger partial charge in [0, 0.05) is 22.3 Å². The molecular formula is C15H12O2. The number of allylic oxidation sites excluding steroid dienone is 5. The summed E-state index contributed by atoms with van der Waals surface area (Å²) in [7, 11) is 0. The quantitative estimate of drug-likeness (QED) is 0.733. The van der Waals surface area contributed by atoms with Crippen LogP contribution >= 0.6 is 0 Å². The Morgan fingerprint density at radius 2 is 1.82 bits per heavy atom. The predicted octanol–water partition coefficient (Wildman–Crippen LogP) is 3.43. The Bertz CT molecular complexity index is 616. The number of carbonyl (C=O) groups excluding carboxylic acids is 1. The van der Waals surface area contributed by atoms with Gasteiger partial charge in [0.25, 0.3) is 0 Å². The van der Waals surface area contributed by atoms with Crippen molar-refractivity contribution in [2.75, 3.05) is 0 Å². The minimum atomic E-state index is 0.0113. The zero-order chi connectivity index (χ0) is 12.0. The lowest BCUT2D eigenvalue weighted by molar-refractivity contribution is 0.103. The summed E-state index contributed by atoms with van der Waals surface area (Å²) < 4.78 is 0. The lowest BCUT2D eigenvalue weighted by Crippen LogP contribution is -2.17. The fourth-order valence-electron chi connectivity index (χ4n) is 2.38. The number of hydrogen-bond donors (Lipinski definition) is 1. The van der Waals surface area contributed by atoms with Crippen LogP contribution in [0, 0.1) is 0 Å². The van der Waals surface area contributed by atoms with Crippen molar-refractivity contribution in [2.45, 2.75) is 13.3 Å². The van der Waals surface area contributed by atoms with E-state index >= 15 is 0 Å². The lowest BCUT2D eigenvalue weighted by atomic mass is 9.80. The number of ketones is 1. The molecule has 0 spiro atoms. The monoisotopic (exact) mass is 224 g/mol. The van der Waals surface area contributed by atoms with Gasteiger partial charge in [0.1, 0.15) is 5.76 Å². The van der Waals surface area contributed by atoms with E-state index in [1.54, 1.807) is 12.1 Å². The van der Waals surface area contributed by atoms with Crippen molar-refractivity contribution < 1.29 is 9.90 Å². The van der Waals surface area contributed by atoms with Crippen LogP contribution in [0.4, 0.5) is 0 Å². The first-order chi connectivity index (χ1) is 8.18. The first-order valence-electron chi connectivity index (χ1n) is 5.62. The van der Waals surface area contributed by atoms with Crippen molar-refractivity contribution in [2.24, 2.45) is 0 Å². The average Bonchev–Trinajstić information content (AvgIpc) is 2.36. The molecule has 0 aliphatic heterocycles. The molecule has 2 aliphatic rings. The summed E-state index contributed by atoms with van der Waals surface area (Å²) in [6, 6.07) is 7.21. The predicted molar refractivity (Wildman–Crippen MR) is 66.8 cm³/mol. The molecule has 2 aliphatic carbocycles. The molecule has 0 saturated carbocycles. The summed E-state index contributed by atoms with van der Waals surface area (Å²) in [5.74, 6) is 0.260. The Morgan fingerprint density at radius 1 is 1.12 bits per heavy atom. The van der Waals surface area contributed by atoms with Crippen LogP contribution in [-0.2, 0) is 0 Å². The van der Waals surface area contributed by atoms with E-state index in [1.807, 2.05) is 31.2 Å². The molecule has 0 radical (unpaired) electrons. The minimum absolute atomic E-state index is 0.0113. The van der Waals surface area contributed by atoms with Crippen LogP contribution < -0.4 is 0 Å². The fourth-order valence-corrected chi connectivity index (χ4v) is 2.38. The van der Waals surface area contributed by atoms with Gasteiger partial charge in [0.15, 0.2) is 5.78 Å². The standard InChI is InChI=1S/C15H12O2/c1-9-6-7-12-13(8-9)15(17)11-5-3-2-4-10(11)14(12)16/h2-7,17H,8H2,1H3. The first-order valence-corrected chi connectivity index (χ1v) is 5.62. The molecule has 2 heteroatoms.